The molecule has 9 nitrogen and oxygen atoms in total. The van der Waals surface area contributed by atoms with Crippen LogP contribution in [-0.2, 0) is 28.8 Å². The summed E-state index contributed by atoms with van der Waals surface area (Å²) in [4.78, 5) is 32.0. The lowest BCUT2D eigenvalue weighted by Crippen LogP contribution is -2.25. The zero-order valence-electron chi connectivity index (χ0n) is 16.7. The molecule has 0 atom stereocenters. The van der Waals surface area contributed by atoms with Crippen LogP contribution >= 0.6 is 23.1 Å². The molecule has 32 heavy (non-hydrogen) atoms. The molecule has 2 N–H and O–H groups in total. The van der Waals surface area contributed by atoms with E-state index < -0.39 is 24.5 Å². The number of hydrogen-bond donors (Lipinski definition) is 2. The Morgan fingerprint density at radius 2 is 2.09 bits per heavy atom. The highest BCUT2D eigenvalue weighted by molar-refractivity contribution is 8.00. The van der Waals surface area contributed by atoms with Gasteiger partial charge in [-0.05, 0) is 12.1 Å². The van der Waals surface area contributed by atoms with Gasteiger partial charge in [0.05, 0.1) is 41.9 Å². The number of aromatic nitrogens is 4. The Balaban J connectivity index is 1.78. The number of Topliss-reactive ketones (excluding diaryl/α,β-unsaturated/α-hetero) is 1. The number of alkyl halides is 3. The molecule has 0 saturated carbocycles. The Morgan fingerprint density at radius 3 is 2.78 bits per heavy atom. The summed E-state index contributed by atoms with van der Waals surface area (Å²) in [6, 6.07) is 3.23. The highest BCUT2D eigenvalue weighted by atomic mass is 32.2. The van der Waals surface area contributed by atoms with E-state index in [-0.39, 0.29) is 41.9 Å². The summed E-state index contributed by atoms with van der Waals surface area (Å²) >= 11 is 2.02. The molecule has 1 amide bonds. The van der Waals surface area contributed by atoms with Crippen LogP contribution in [0, 0.1) is 0 Å². The molecule has 0 bridgehead atoms. The van der Waals surface area contributed by atoms with E-state index >= 15 is 0 Å². The number of hydrogen-bond acceptors (Lipinski definition) is 9. The number of ketones is 1. The number of aliphatic hydroxyl groups excluding tert-OH is 1. The number of methoxy groups -OCH3 is 1. The minimum Gasteiger partial charge on any atom is -0.387 e. The molecule has 3 aromatic heterocycles. The van der Waals surface area contributed by atoms with Gasteiger partial charge in [0.15, 0.2) is 11.4 Å². The molecule has 3 heterocycles. The molecule has 0 aliphatic heterocycles. The topological polar surface area (TPSA) is 119 Å². The van der Waals surface area contributed by atoms with Crippen LogP contribution in [0.3, 0.4) is 0 Å². The molecule has 0 radical (unpaired) electrons. The normalized spacial score (nSPS) is 11.8. The molecule has 0 aromatic carbocycles. The van der Waals surface area contributed by atoms with Crippen molar-refractivity contribution in [2.45, 2.75) is 24.3 Å². The average molecular weight is 490 g/mol. The van der Waals surface area contributed by atoms with Crippen molar-refractivity contribution in [2.75, 3.05) is 26.1 Å². The summed E-state index contributed by atoms with van der Waals surface area (Å²) in [5.74, 6) is -2.29. The first kappa shape index (κ1) is 24.1. The standard InChI is InChI=1S/C18H18F3N5O4S2/c1-30-5-4-26-15-11(7-23-26)16(25-17(24-15)18(19,20)21)31-9-12(28)13-3-2-10(32-13)6-22-14(29)8-27/h2-3,7,27H,4-6,8-9H2,1H3,(H,22,29). The molecule has 0 aliphatic carbocycles. The number of carbonyl (C=O) groups is 2. The largest absolute Gasteiger partial charge is 0.451 e. The molecule has 14 heteroatoms. The Kier molecular flexibility index (Phi) is 7.82. The van der Waals surface area contributed by atoms with Gasteiger partial charge < -0.3 is 15.2 Å². The van der Waals surface area contributed by atoms with Gasteiger partial charge in [0, 0.05) is 12.0 Å². The van der Waals surface area contributed by atoms with Gasteiger partial charge in [-0.3, -0.25) is 9.59 Å². The van der Waals surface area contributed by atoms with E-state index in [1.54, 1.807) is 12.1 Å². The Hall–Kier alpha value is -2.55. The summed E-state index contributed by atoms with van der Waals surface area (Å²) in [6.07, 6.45) is -3.39. The minimum atomic E-state index is -4.76. The van der Waals surface area contributed by atoms with Crippen molar-refractivity contribution in [3.05, 3.63) is 33.9 Å². The Bertz CT molecular complexity index is 1120. The molecule has 0 spiro atoms. The van der Waals surface area contributed by atoms with Crippen LogP contribution in [0.5, 0.6) is 0 Å². The summed E-state index contributed by atoms with van der Waals surface area (Å²) in [5.41, 5.74) is 0.0114. The highest BCUT2D eigenvalue weighted by Crippen LogP contribution is 2.32. The molecular formula is C18H18F3N5O4S2. The lowest BCUT2D eigenvalue weighted by molar-refractivity contribution is -0.145. The van der Waals surface area contributed by atoms with Crippen molar-refractivity contribution in [3.8, 4) is 0 Å². The number of aliphatic hydroxyl groups is 1. The third-order valence-corrected chi connectivity index (χ3v) is 6.22. The van der Waals surface area contributed by atoms with Gasteiger partial charge in [-0.2, -0.15) is 18.3 Å². The van der Waals surface area contributed by atoms with E-state index in [0.717, 1.165) is 23.1 Å². The van der Waals surface area contributed by atoms with Crippen LogP contribution in [-0.4, -0.2) is 62.6 Å². The van der Waals surface area contributed by atoms with Crippen LogP contribution in [0.4, 0.5) is 13.2 Å². The number of ether oxygens (including phenoxy) is 1. The lowest BCUT2D eigenvalue weighted by atomic mass is 10.3. The minimum absolute atomic E-state index is 0.00586. The maximum atomic E-state index is 13.3. The van der Waals surface area contributed by atoms with E-state index in [4.69, 9.17) is 9.84 Å². The SMILES string of the molecule is COCCn1ncc2c(SCC(=O)c3ccc(CNC(=O)CO)s3)nc(C(F)(F)F)nc21. The summed E-state index contributed by atoms with van der Waals surface area (Å²) < 4.78 is 46.2. The molecule has 0 saturated heterocycles. The van der Waals surface area contributed by atoms with Crippen LogP contribution in [0.1, 0.15) is 20.4 Å². The Morgan fingerprint density at radius 1 is 1.31 bits per heavy atom. The zero-order chi connectivity index (χ0) is 23.3. The van der Waals surface area contributed by atoms with Gasteiger partial charge in [-0.15, -0.1) is 11.3 Å². The third kappa shape index (κ3) is 5.82. The van der Waals surface area contributed by atoms with E-state index in [0.29, 0.717) is 15.1 Å². The number of carbonyl (C=O) groups excluding carboxylic acids is 2. The molecule has 3 rings (SSSR count). The fourth-order valence-corrected chi connectivity index (χ4v) is 4.43. The fourth-order valence-electron chi connectivity index (χ4n) is 2.58. The van der Waals surface area contributed by atoms with Crippen molar-refractivity contribution in [1.29, 1.82) is 0 Å². The molecule has 0 aliphatic rings. The van der Waals surface area contributed by atoms with Gasteiger partial charge in [-0.1, -0.05) is 11.8 Å². The predicted octanol–water partition coefficient (Wildman–Crippen LogP) is 2.14. The van der Waals surface area contributed by atoms with Crippen molar-refractivity contribution in [1.82, 2.24) is 25.1 Å². The third-order valence-electron chi connectivity index (χ3n) is 4.10. The van der Waals surface area contributed by atoms with Crippen molar-refractivity contribution in [3.63, 3.8) is 0 Å². The van der Waals surface area contributed by atoms with Crippen LogP contribution < -0.4 is 5.32 Å². The van der Waals surface area contributed by atoms with E-state index in [2.05, 4.69) is 20.4 Å². The maximum Gasteiger partial charge on any atom is 0.451 e. The number of nitrogens with one attached hydrogen (secondary N) is 1. The predicted molar refractivity (Wildman–Crippen MR) is 111 cm³/mol. The number of rotatable bonds is 10. The molecule has 0 unspecified atom stereocenters. The lowest BCUT2D eigenvalue weighted by Gasteiger charge is -2.09. The average Bonchev–Trinajstić information content (AvgIpc) is 3.40. The maximum absolute atomic E-state index is 13.3. The zero-order valence-corrected chi connectivity index (χ0v) is 18.3. The number of halogens is 3. The first-order valence-corrected chi connectivity index (χ1v) is 10.9. The Labute approximate surface area is 188 Å². The fraction of sp³-hybridized carbons (Fsp3) is 0.389. The number of amides is 1. The highest BCUT2D eigenvalue weighted by Gasteiger charge is 2.36. The number of nitrogens with zero attached hydrogens (tertiary/aromatic N) is 4. The van der Waals surface area contributed by atoms with Crippen LogP contribution in [0.2, 0.25) is 0 Å². The van der Waals surface area contributed by atoms with Crippen molar-refractivity contribution >= 4 is 45.8 Å². The first-order chi connectivity index (χ1) is 15.2. The molecular weight excluding hydrogens is 471 g/mol. The van der Waals surface area contributed by atoms with Crippen LogP contribution in [0.15, 0.2) is 23.4 Å². The monoisotopic (exact) mass is 489 g/mol. The molecule has 0 fully saturated rings. The van der Waals surface area contributed by atoms with Gasteiger partial charge >= 0.3 is 6.18 Å². The van der Waals surface area contributed by atoms with E-state index in [9.17, 15) is 22.8 Å². The number of thiophene rings is 1. The number of thioether (sulfide) groups is 1. The quantitative estimate of drug-likeness (QED) is 0.253. The second kappa shape index (κ2) is 10.4. The second-order valence-corrected chi connectivity index (χ2v) is 8.49. The van der Waals surface area contributed by atoms with Gasteiger partial charge in [0.2, 0.25) is 11.7 Å². The van der Waals surface area contributed by atoms with Crippen molar-refractivity contribution in [2.24, 2.45) is 0 Å². The molecule has 172 valence electrons. The second-order valence-electron chi connectivity index (χ2n) is 6.36. The summed E-state index contributed by atoms with van der Waals surface area (Å²) in [6.45, 7) is -0.0273. The van der Waals surface area contributed by atoms with Gasteiger partial charge in [0.1, 0.15) is 11.6 Å². The summed E-state index contributed by atoms with van der Waals surface area (Å²) in [7, 11) is 1.46. The van der Waals surface area contributed by atoms with Crippen molar-refractivity contribution < 1.29 is 32.6 Å². The molecule has 3 aromatic rings. The van der Waals surface area contributed by atoms with Gasteiger partial charge in [0.25, 0.3) is 0 Å². The summed E-state index contributed by atoms with van der Waals surface area (Å²) in [5, 5.41) is 15.6. The number of fused-ring (bicyclic) bond motifs is 1. The van der Waals surface area contributed by atoms with Crippen LogP contribution in [0.25, 0.3) is 11.0 Å². The van der Waals surface area contributed by atoms with E-state index in [1.807, 2.05) is 0 Å². The smallest absolute Gasteiger partial charge is 0.387 e. The van der Waals surface area contributed by atoms with Gasteiger partial charge in [-0.25, -0.2) is 14.6 Å². The van der Waals surface area contributed by atoms with E-state index in [1.165, 1.54) is 18.0 Å². The first-order valence-electron chi connectivity index (χ1n) is 9.15.